The van der Waals surface area contributed by atoms with Crippen molar-refractivity contribution < 1.29 is 9.21 Å². The molecular formula is C17H14N4O2S. The molecule has 0 fully saturated rings. The third kappa shape index (κ3) is 2.93. The zero-order chi connectivity index (χ0) is 16.4. The summed E-state index contributed by atoms with van der Waals surface area (Å²) in [5.74, 6) is 0.790. The first-order chi connectivity index (χ1) is 11.8. The molecule has 7 heteroatoms. The number of amides is 1. The summed E-state index contributed by atoms with van der Waals surface area (Å²) in [7, 11) is 0. The molecule has 4 aromatic rings. The summed E-state index contributed by atoms with van der Waals surface area (Å²) < 4.78 is 8.58. The molecule has 1 aromatic carbocycles. The van der Waals surface area contributed by atoms with Crippen LogP contribution in [0, 0.1) is 0 Å². The van der Waals surface area contributed by atoms with E-state index in [1.807, 2.05) is 34.5 Å². The SMILES string of the molecule is O=C(NCc1cccc2ncsc12)c1ccc(Cn2ccnc2)o1. The van der Waals surface area contributed by atoms with Crippen molar-refractivity contribution in [2.24, 2.45) is 0 Å². The zero-order valence-corrected chi connectivity index (χ0v) is 13.5. The Labute approximate surface area is 141 Å². The normalized spacial score (nSPS) is 11.0. The number of nitrogens with zero attached hydrogens (tertiary/aromatic N) is 3. The molecule has 0 atom stereocenters. The first-order valence-electron chi connectivity index (χ1n) is 7.43. The molecule has 3 heterocycles. The lowest BCUT2D eigenvalue weighted by molar-refractivity contribution is 0.0921. The minimum Gasteiger partial charge on any atom is -0.454 e. The number of aromatic nitrogens is 3. The van der Waals surface area contributed by atoms with Crippen molar-refractivity contribution in [3.8, 4) is 0 Å². The molecular weight excluding hydrogens is 324 g/mol. The van der Waals surface area contributed by atoms with Crippen LogP contribution in [0.5, 0.6) is 0 Å². The highest BCUT2D eigenvalue weighted by molar-refractivity contribution is 7.16. The summed E-state index contributed by atoms with van der Waals surface area (Å²) in [6.07, 6.45) is 5.26. The van der Waals surface area contributed by atoms with Crippen LogP contribution in [0.15, 0.2) is 59.0 Å². The number of thiazole rings is 1. The molecule has 0 unspecified atom stereocenters. The molecule has 24 heavy (non-hydrogen) atoms. The molecule has 3 aromatic heterocycles. The molecule has 0 radical (unpaired) electrons. The van der Waals surface area contributed by atoms with E-state index in [2.05, 4.69) is 15.3 Å². The fourth-order valence-corrected chi connectivity index (χ4v) is 3.30. The first-order valence-corrected chi connectivity index (χ1v) is 8.31. The molecule has 0 aliphatic rings. The van der Waals surface area contributed by atoms with Gasteiger partial charge in [0.1, 0.15) is 5.76 Å². The van der Waals surface area contributed by atoms with E-state index in [0.717, 1.165) is 15.8 Å². The maximum absolute atomic E-state index is 12.3. The van der Waals surface area contributed by atoms with Gasteiger partial charge in [-0.05, 0) is 23.8 Å². The largest absolute Gasteiger partial charge is 0.454 e. The van der Waals surface area contributed by atoms with E-state index >= 15 is 0 Å². The quantitative estimate of drug-likeness (QED) is 0.607. The van der Waals surface area contributed by atoms with Gasteiger partial charge in [0.2, 0.25) is 0 Å². The Kier molecular flexibility index (Phi) is 3.84. The Morgan fingerprint density at radius 1 is 1.29 bits per heavy atom. The Morgan fingerprint density at radius 2 is 2.25 bits per heavy atom. The number of carbonyl (C=O) groups excluding carboxylic acids is 1. The van der Waals surface area contributed by atoms with E-state index in [1.165, 1.54) is 0 Å². The van der Waals surface area contributed by atoms with Gasteiger partial charge in [-0.1, -0.05) is 12.1 Å². The van der Waals surface area contributed by atoms with Crippen molar-refractivity contribution in [2.45, 2.75) is 13.1 Å². The van der Waals surface area contributed by atoms with Crippen LogP contribution in [0.4, 0.5) is 0 Å². The third-order valence-electron chi connectivity index (χ3n) is 3.66. The summed E-state index contributed by atoms with van der Waals surface area (Å²) in [4.78, 5) is 20.5. The highest BCUT2D eigenvalue weighted by Crippen LogP contribution is 2.22. The fourth-order valence-electron chi connectivity index (χ4n) is 2.49. The topological polar surface area (TPSA) is 73.0 Å². The Bertz CT molecular complexity index is 971. The van der Waals surface area contributed by atoms with E-state index in [1.54, 1.807) is 36.0 Å². The molecule has 1 N–H and O–H groups in total. The van der Waals surface area contributed by atoms with Crippen molar-refractivity contribution in [3.05, 3.63) is 71.6 Å². The maximum atomic E-state index is 12.3. The van der Waals surface area contributed by atoms with Crippen LogP contribution in [0.2, 0.25) is 0 Å². The second-order valence-corrected chi connectivity index (χ2v) is 6.16. The molecule has 1 amide bonds. The Balaban J connectivity index is 1.43. The summed E-state index contributed by atoms with van der Waals surface area (Å²) in [5, 5.41) is 2.90. The summed E-state index contributed by atoms with van der Waals surface area (Å²) >= 11 is 1.57. The summed E-state index contributed by atoms with van der Waals surface area (Å²) in [6, 6.07) is 9.40. The number of rotatable bonds is 5. The van der Waals surface area contributed by atoms with Crippen LogP contribution in [0.25, 0.3) is 10.2 Å². The zero-order valence-electron chi connectivity index (χ0n) is 12.7. The van der Waals surface area contributed by atoms with Crippen molar-refractivity contribution in [3.63, 3.8) is 0 Å². The summed E-state index contributed by atoms with van der Waals surface area (Å²) in [6.45, 7) is 0.989. The van der Waals surface area contributed by atoms with Crippen LogP contribution in [0.3, 0.4) is 0 Å². The van der Waals surface area contributed by atoms with Crippen molar-refractivity contribution >= 4 is 27.5 Å². The number of hydrogen-bond acceptors (Lipinski definition) is 5. The average Bonchev–Trinajstić information content (AvgIpc) is 3.34. The molecule has 0 saturated carbocycles. The van der Waals surface area contributed by atoms with Crippen LogP contribution in [-0.2, 0) is 13.1 Å². The van der Waals surface area contributed by atoms with Crippen molar-refractivity contribution in [1.29, 1.82) is 0 Å². The van der Waals surface area contributed by atoms with Crippen LogP contribution in [-0.4, -0.2) is 20.4 Å². The minimum atomic E-state index is -0.228. The minimum absolute atomic E-state index is 0.228. The van der Waals surface area contributed by atoms with Gasteiger partial charge < -0.3 is 14.3 Å². The predicted octanol–water partition coefficient (Wildman–Crippen LogP) is 3.06. The smallest absolute Gasteiger partial charge is 0.287 e. The lowest BCUT2D eigenvalue weighted by atomic mass is 10.2. The van der Waals surface area contributed by atoms with E-state index in [9.17, 15) is 4.79 Å². The monoisotopic (exact) mass is 338 g/mol. The lowest BCUT2D eigenvalue weighted by Crippen LogP contribution is -2.22. The molecule has 120 valence electrons. The van der Waals surface area contributed by atoms with Gasteiger partial charge in [0.25, 0.3) is 5.91 Å². The van der Waals surface area contributed by atoms with Gasteiger partial charge in [-0.25, -0.2) is 9.97 Å². The third-order valence-corrected chi connectivity index (χ3v) is 4.58. The number of furan rings is 1. The lowest BCUT2D eigenvalue weighted by Gasteiger charge is -2.04. The molecule has 6 nitrogen and oxygen atoms in total. The second-order valence-electron chi connectivity index (χ2n) is 5.30. The van der Waals surface area contributed by atoms with Gasteiger partial charge in [-0.2, -0.15) is 0 Å². The number of imidazole rings is 1. The van der Waals surface area contributed by atoms with Gasteiger partial charge in [-0.15, -0.1) is 11.3 Å². The average molecular weight is 338 g/mol. The van der Waals surface area contributed by atoms with E-state index in [0.29, 0.717) is 24.6 Å². The molecule has 0 saturated heterocycles. The molecule has 0 aliphatic heterocycles. The summed E-state index contributed by atoms with van der Waals surface area (Å²) in [5.41, 5.74) is 3.81. The van der Waals surface area contributed by atoms with Gasteiger partial charge in [-0.3, -0.25) is 4.79 Å². The highest BCUT2D eigenvalue weighted by Gasteiger charge is 2.12. The van der Waals surface area contributed by atoms with E-state index in [4.69, 9.17) is 4.42 Å². The highest BCUT2D eigenvalue weighted by atomic mass is 32.1. The van der Waals surface area contributed by atoms with E-state index < -0.39 is 0 Å². The number of nitrogens with one attached hydrogen (secondary N) is 1. The van der Waals surface area contributed by atoms with Gasteiger partial charge in [0, 0.05) is 18.9 Å². The number of carbonyl (C=O) groups is 1. The molecule has 0 spiro atoms. The van der Waals surface area contributed by atoms with Crippen LogP contribution in [0.1, 0.15) is 21.9 Å². The fraction of sp³-hybridized carbons (Fsp3) is 0.118. The van der Waals surface area contributed by atoms with Gasteiger partial charge in [0.05, 0.1) is 28.6 Å². The first kappa shape index (κ1) is 14.6. The number of hydrogen-bond donors (Lipinski definition) is 1. The number of benzene rings is 1. The number of fused-ring (bicyclic) bond motifs is 1. The van der Waals surface area contributed by atoms with E-state index in [-0.39, 0.29) is 5.91 Å². The Hall–Kier alpha value is -2.93. The van der Waals surface area contributed by atoms with Crippen LogP contribution < -0.4 is 5.32 Å². The molecule has 0 bridgehead atoms. The van der Waals surface area contributed by atoms with Crippen molar-refractivity contribution in [1.82, 2.24) is 19.9 Å². The van der Waals surface area contributed by atoms with Gasteiger partial charge in [0.15, 0.2) is 5.76 Å². The van der Waals surface area contributed by atoms with Crippen LogP contribution >= 0.6 is 11.3 Å². The van der Waals surface area contributed by atoms with Crippen molar-refractivity contribution in [2.75, 3.05) is 0 Å². The Morgan fingerprint density at radius 3 is 3.12 bits per heavy atom. The standard InChI is InChI=1S/C17H14N4O2S/c22-17(15-5-4-13(23-15)9-21-7-6-18-10-21)19-8-12-2-1-3-14-16(12)24-11-20-14/h1-7,10-11H,8-9H2,(H,19,22). The predicted molar refractivity (Wildman–Crippen MR) is 90.8 cm³/mol. The molecule has 4 rings (SSSR count). The molecule has 0 aliphatic carbocycles. The van der Waals surface area contributed by atoms with Gasteiger partial charge >= 0.3 is 0 Å². The second kappa shape index (κ2) is 6.29. The maximum Gasteiger partial charge on any atom is 0.287 e.